The molecule has 1 amide bonds. The average molecular weight is 327 g/mol. The van der Waals surface area contributed by atoms with Crippen LogP contribution in [-0.4, -0.2) is 63.2 Å². The normalized spacial score (nSPS) is 18.2. The summed E-state index contributed by atoms with van der Waals surface area (Å²) >= 11 is 0. The second-order valence-electron chi connectivity index (χ2n) is 6.85. The van der Waals surface area contributed by atoms with Crippen LogP contribution in [0.15, 0.2) is 36.9 Å². The highest BCUT2D eigenvalue weighted by Gasteiger charge is 2.26. The van der Waals surface area contributed by atoms with E-state index in [1.54, 1.807) is 17.2 Å². The molecule has 1 fully saturated rings. The first kappa shape index (κ1) is 16.6. The molecule has 24 heavy (non-hydrogen) atoms. The highest BCUT2D eigenvalue weighted by Crippen LogP contribution is 2.20. The van der Waals surface area contributed by atoms with E-state index in [9.17, 15) is 4.79 Å². The fourth-order valence-electron chi connectivity index (χ4n) is 3.30. The van der Waals surface area contributed by atoms with Crippen molar-refractivity contribution in [1.82, 2.24) is 24.6 Å². The van der Waals surface area contributed by atoms with E-state index < -0.39 is 0 Å². The van der Waals surface area contributed by atoms with Gasteiger partial charge in [0.25, 0.3) is 5.91 Å². The van der Waals surface area contributed by atoms with Gasteiger partial charge in [-0.2, -0.15) is 0 Å². The van der Waals surface area contributed by atoms with Gasteiger partial charge in [0.15, 0.2) is 0 Å². The molecule has 1 aliphatic rings. The van der Waals surface area contributed by atoms with Gasteiger partial charge in [-0.15, -0.1) is 10.2 Å². The van der Waals surface area contributed by atoms with Gasteiger partial charge in [0, 0.05) is 37.4 Å². The average Bonchev–Trinajstić information content (AvgIpc) is 3.26. The predicted octanol–water partition coefficient (Wildman–Crippen LogP) is 2.07. The summed E-state index contributed by atoms with van der Waals surface area (Å²) in [5.74, 6) is 0.621. The van der Waals surface area contributed by atoms with Gasteiger partial charge in [0.05, 0.1) is 0 Å². The fraction of sp³-hybridized carbons (Fsp3) is 0.500. The molecule has 3 rings (SSSR count). The number of carbonyl (C=O) groups is 1. The smallest absolute Gasteiger partial charge is 0.253 e. The zero-order valence-corrected chi connectivity index (χ0v) is 14.6. The molecule has 128 valence electrons. The summed E-state index contributed by atoms with van der Waals surface area (Å²) in [6.45, 7) is 7.48. The number of hydrogen-bond donors (Lipinski definition) is 0. The Hall–Kier alpha value is -2.21. The largest absolute Gasteiger partial charge is 0.341 e. The molecular weight excluding hydrogens is 302 g/mol. The van der Waals surface area contributed by atoms with E-state index in [2.05, 4.69) is 28.9 Å². The SMILES string of the molecule is CC(C)N1CC[C@@H](CN(C)C(=O)c2cccc(-n3cnnc3)c2)C1. The van der Waals surface area contributed by atoms with Gasteiger partial charge < -0.3 is 9.80 Å². The quantitative estimate of drug-likeness (QED) is 0.844. The van der Waals surface area contributed by atoms with Crippen LogP contribution in [0.25, 0.3) is 5.69 Å². The lowest BCUT2D eigenvalue weighted by Gasteiger charge is -2.23. The number of nitrogens with zero attached hydrogens (tertiary/aromatic N) is 5. The topological polar surface area (TPSA) is 54.3 Å². The van der Waals surface area contributed by atoms with E-state index in [0.717, 1.165) is 31.7 Å². The van der Waals surface area contributed by atoms with Crippen LogP contribution >= 0.6 is 0 Å². The standard InChI is InChI=1S/C18H25N5O/c1-14(2)22-8-7-15(11-22)10-21(3)18(24)16-5-4-6-17(9-16)23-12-19-20-13-23/h4-6,9,12-15H,7-8,10-11H2,1-3H3/t15-/m0/s1. The number of likely N-dealkylation sites (tertiary alicyclic amines) is 1. The van der Waals surface area contributed by atoms with Crippen LogP contribution in [0.4, 0.5) is 0 Å². The van der Waals surface area contributed by atoms with Crippen molar-refractivity contribution in [1.29, 1.82) is 0 Å². The lowest BCUT2D eigenvalue weighted by Crippen LogP contribution is -2.34. The molecule has 0 saturated carbocycles. The first-order chi connectivity index (χ1) is 11.5. The minimum Gasteiger partial charge on any atom is -0.341 e. The summed E-state index contributed by atoms with van der Waals surface area (Å²) in [7, 11) is 1.89. The van der Waals surface area contributed by atoms with Crippen molar-refractivity contribution in [3.63, 3.8) is 0 Å². The van der Waals surface area contributed by atoms with E-state index in [4.69, 9.17) is 0 Å². The maximum Gasteiger partial charge on any atom is 0.253 e. The van der Waals surface area contributed by atoms with Crippen molar-refractivity contribution >= 4 is 5.91 Å². The third kappa shape index (κ3) is 3.64. The Kier molecular flexibility index (Phi) is 4.94. The lowest BCUT2D eigenvalue weighted by atomic mass is 10.1. The van der Waals surface area contributed by atoms with Crippen LogP contribution in [0, 0.1) is 5.92 Å². The molecular formula is C18H25N5O. The molecule has 1 aromatic heterocycles. The van der Waals surface area contributed by atoms with E-state index in [0.29, 0.717) is 17.5 Å². The molecule has 0 N–H and O–H groups in total. The number of rotatable bonds is 5. The molecule has 2 heterocycles. The van der Waals surface area contributed by atoms with Crippen LogP contribution in [0.1, 0.15) is 30.6 Å². The first-order valence-corrected chi connectivity index (χ1v) is 8.49. The predicted molar refractivity (Wildman–Crippen MR) is 93.1 cm³/mol. The molecule has 6 nitrogen and oxygen atoms in total. The molecule has 0 unspecified atom stereocenters. The summed E-state index contributed by atoms with van der Waals surface area (Å²) in [6, 6.07) is 8.17. The number of amides is 1. The summed E-state index contributed by atoms with van der Waals surface area (Å²) in [5, 5.41) is 7.62. The molecule has 1 aromatic carbocycles. The van der Waals surface area contributed by atoms with Gasteiger partial charge in [-0.1, -0.05) is 6.07 Å². The second-order valence-corrected chi connectivity index (χ2v) is 6.85. The van der Waals surface area contributed by atoms with Gasteiger partial charge in [0.2, 0.25) is 0 Å². The zero-order valence-electron chi connectivity index (χ0n) is 14.6. The van der Waals surface area contributed by atoms with E-state index in [1.165, 1.54) is 0 Å². The highest BCUT2D eigenvalue weighted by molar-refractivity contribution is 5.94. The molecule has 1 saturated heterocycles. The van der Waals surface area contributed by atoms with Gasteiger partial charge in [0.1, 0.15) is 12.7 Å². The zero-order chi connectivity index (χ0) is 17.1. The molecule has 6 heteroatoms. The van der Waals surface area contributed by atoms with Crippen LogP contribution in [0.3, 0.4) is 0 Å². The molecule has 0 aliphatic carbocycles. The summed E-state index contributed by atoms with van der Waals surface area (Å²) in [4.78, 5) is 17.1. The van der Waals surface area contributed by atoms with Gasteiger partial charge >= 0.3 is 0 Å². The molecule has 0 radical (unpaired) electrons. The van der Waals surface area contributed by atoms with Gasteiger partial charge in [-0.25, -0.2) is 0 Å². The molecule has 1 atom stereocenters. The Morgan fingerprint density at radius 1 is 1.33 bits per heavy atom. The Morgan fingerprint density at radius 2 is 2.08 bits per heavy atom. The minimum absolute atomic E-state index is 0.0629. The Morgan fingerprint density at radius 3 is 2.75 bits per heavy atom. The number of carbonyl (C=O) groups excluding carboxylic acids is 1. The van der Waals surface area contributed by atoms with Crippen molar-refractivity contribution in [3.05, 3.63) is 42.5 Å². The van der Waals surface area contributed by atoms with Gasteiger partial charge in [-0.3, -0.25) is 9.36 Å². The lowest BCUT2D eigenvalue weighted by molar-refractivity contribution is 0.0772. The summed E-state index contributed by atoms with van der Waals surface area (Å²) < 4.78 is 1.80. The Labute approximate surface area is 143 Å². The van der Waals surface area contributed by atoms with Crippen LogP contribution in [0.2, 0.25) is 0 Å². The second kappa shape index (κ2) is 7.13. The molecule has 1 aliphatic heterocycles. The van der Waals surface area contributed by atoms with Crippen LogP contribution in [0.5, 0.6) is 0 Å². The molecule has 0 spiro atoms. The third-order valence-corrected chi connectivity index (χ3v) is 4.74. The third-order valence-electron chi connectivity index (χ3n) is 4.74. The van der Waals surface area contributed by atoms with Crippen molar-refractivity contribution in [2.24, 2.45) is 5.92 Å². The van der Waals surface area contributed by atoms with E-state index in [-0.39, 0.29) is 5.91 Å². The summed E-state index contributed by atoms with van der Waals surface area (Å²) in [5.41, 5.74) is 1.59. The highest BCUT2D eigenvalue weighted by atomic mass is 16.2. The Bertz CT molecular complexity index is 682. The van der Waals surface area contributed by atoms with Crippen LogP contribution < -0.4 is 0 Å². The van der Waals surface area contributed by atoms with E-state index in [1.807, 2.05) is 36.2 Å². The van der Waals surface area contributed by atoms with Crippen molar-refractivity contribution in [3.8, 4) is 5.69 Å². The number of benzene rings is 1. The fourth-order valence-corrected chi connectivity index (χ4v) is 3.30. The van der Waals surface area contributed by atoms with E-state index >= 15 is 0 Å². The maximum absolute atomic E-state index is 12.7. The number of hydrogen-bond acceptors (Lipinski definition) is 4. The first-order valence-electron chi connectivity index (χ1n) is 8.49. The minimum atomic E-state index is 0.0629. The molecule has 0 bridgehead atoms. The number of aromatic nitrogens is 3. The van der Waals surface area contributed by atoms with Crippen molar-refractivity contribution < 1.29 is 4.79 Å². The van der Waals surface area contributed by atoms with Crippen LogP contribution in [-0.2, 0) is 0 Å². The van der Waals surface area contributed by atoms with Gasteiger partial charge in [-0.05, 0) is 50.9 Å². The maximum atomic E-state index is 12.7. The Balaban J connectivity index is 1.65. The summed E-state index contributed by atoms with van der Waals surface area (Å²) in [6.07, 6.45) is 4.43. The molecule has 2 aromatic rings. The monoisotopic (exact) mass is 327 g/mol. The van der Waals surface area contributed by atoms with Crippen molar-refractivity contribution in [2.45, 2.75) is 26.3 Å². The van der Waals surface area contributed by atoms with Crippen molar-refractivity contribution in [2.75, 3.05) is 26.7 Å².